The van der Waals surface area contributed by atoms with Crippen LogP contribution in [0.15, 0.2) is 0 Å². The quantitative estimate of drug-likeness (QED) is 0.158. The standard InChI is InChI=1S/C26H45N.C25H43N/c1-2-3-4-5-6-8-21-11-13-23(14-12-21)24-15-17-25(18-16-24)26-10-7-9-22(19-26)20-27;1-2-3-4-5-7-20-10-12-22(13-11-20)23-14-16-24(17-15-23)25-9-6-8-21(18-25)19-26/h21-26H,2-19H2,1H3;20-25H,2-18H2,1H3. The Labute approximate surface area is 331 Å². The lowest BCUT2D eigenvalue weighted by Crippen LogP contribution is -2.30. The van der Waals surface area contributed by atoms with E-state index in [0.29, 0.717) is 11.8 Å². The van der Waals surface area contributed by atoms with E-state index in [1.807, 2.05) is 0 Å². The molecule has 6 aliphatic carbocycles. The fourth-order valence-corrected chi connectivity index (χ4v) is 13.5. The lowest BCUT2D eigenvalue weighted by Gasteiger charge is -2.41. The number of hydrogen-bond acceptors (Lipinski definition) is 2. The maximum absolute atomic E-state index is 9.28. The maximum atomic E-state index is 9.28. The van der Waals surface area contributed by atoms with Gasteiger partial charge in [-0.25, -0.2) is 0 Å². The Hall–Kier alpha value is -1.02. The van der Waals surface area contributed by atoms with Gasteiger partial charge in [0, 0.05) is 11.8 Å². The van der Waals surface area contributed by atoms with Crippen LogP contribution in [0.25, 0.3) is 0 Å². The molecule has 0 aliphatic heterocycles. The normalized spacial score (nSPS) is 38.1. The van der Waals surface area contributed by atoms with E-state index >= 15 is 0 Å². The van der Waals surface area contributed by atoms with Crippen LogP contribution in [0, 0.1) is 93.7 Å². The summed E-state index contributed by atoms with van der Waals surface area (Å²) >= 11 is 0. The minimum absolute atomic E-state index is 0.374. The topological polar surface area (TPSA) is 47.6 Å². The fourth-order valence-electron chi connectivity index (χ4n) is 13.5. The molecular weight excluding hydrogens is 641 g/mol. The van der Waals surface area contributed by atoms with E-state index in [1.54, 1.807) is 0 Å². The third-order valence-electron chi connectivity index (χ3n) is 17.1. The van der Waals surface area contributed by atoms with E-state index < -0.39 is 0 Å². The average Bonchev–Trinajstić information content (AvgIpc) is 3.23. The van der Waals surface area contributed by atoms with Crippen molar-refractivity contribution >= 4 is 0 Å². The van der Waals surface area contributed by atoms with Gasteiger partial charge in [-0.1, -0.05) is 136 Å². The first-order chi connectivity index (χ1) is 26.1. The molecule has 302 valence electrons. The predicted octanol–water partition coefficient (Wildman–Crippen LogP) is 16.2. The van der Waals surface area contributed by atoms with Gasteiger partial charge in [-0.3, -0.25) is 0 Å². The van der Waals surface area contributed by atoms with E-state index in [4.69, 9.17) is 0 Å². The molecule has 0 aromatic heterocycles. The van der Waals surface area contributed by atoms with Crippen LogP contribution < -0.4 is 0 Å². The first-order valence-corrected chi connectivity index (χ1v) is 24.9. The molecule has 0 bridgehead atoms. The monoisotopic (exact) mass is 729 g/mol. The maximum Gasteiger partial charge on any atom is 0.0655 e. The summed E-state index contributed by atoms with van der Waals surface area (Å²) in [6, 6.07) is 5.12. The molecule has 0 heterocycles. The lowest BCUT2D eigenvalue weighted by molar-refractivity contribution is 0.105. The summed E-state index contributed by atoms with van der Waals surface area (Å²) in [4.78, 5) is 0. The average molecular weight is 729 g/mol. The highest BCUT2D eigenvalue weighted by Gasteiger charge is 2.36. The number of nitrogens with zero attached hydrogens (tertiary/aromatic N) is 2. The second-order valence-electron chi connectivity index (χ2n) is 20.5. The molecule has 0 aromatic rings. The molecule has 6 saturated carbocycles. The van der Waals surface area contributed by atoms with E-state index in [1.165, 1.54) is 225 Å². The summed E-state index contributed by atoms with van der Waals surface area (Å²) in [5, 5.41) is 18.6. The van der Waals surface area contributed by atoms with Crippen LogP contribution in [0.5, 0.6) is 0 Å². The van der Waals surface area contributed by atoms with Gasteiger partial charge in [0.05, 0.1) is 12.1 Å². The molecule has 0 amide bonds. The van der Waals surface area contributed by atoms with Gasteiger partial charge in [0.25, 0.3) is 0 Å². The highest BCUT2D eigenvalue weighted by atomic mass is 14.4. The van der Waals surface area contributed by atoms with Crippen molar-refractivity contribution in [3.8, 4) is 12.1 Å². The summed E-state index contributed by atoms with van der Waals surface area (Å²) in [6.07, 6.45) is 50.5. The molecule has 0 N–H and O–H groups in total. The van der Waals surface area contributed by atoms with Crippen LogP contribution >= 0.6 is 0 Å². The minimum atomic E-state index is 0.374. The Morgan fingerprint density at radius 1 is 0.340 bits per heavy atom. The van der Waals surface area contributed by atoms with Crippen LogP contribution in [0.4, 0.5) is 0 Å². The van der Waals surface area contributed by atoms with Gasteiger partial charge in [-0.15, -0.1) is 0 Å². The Kier molecular flexibility index (Phi) is 20.0. The molecule has 4 unspecified atom stereocenters. The number of nitriles is 2. The number of hydrogen-bond donors (Lipinski definition) is 0. The van der Waals surface area contributed by atoms with Crippen LogP contribution in [0.3, 0.4) is 0 Å². The molecule has 6 aliphatic rings. The van der Waals surface area contributed by atoms with Crippen LogP contribution in [0.1, 0.15) is 239 Å². The van der Waals surface area contributed by atoms with Crippen LogP contribution in [-0.2, 0) is 0 Å². The first-order valence-electron chi connectivity index (χ1n) is 24.9. The van der Waals surface area contributed by atoms with Crippen LogP contribution in [0.2, 0.25) is 0 Å². The second-order valence-corrected chi connectivity index (χ2v) is 20.5. The fraction of sp³-hybridized carbons (Fsp3) is 0.961. The summed E-state index contributed by atoms with van der Waals surface area (Å²) in [5.41, 5.74) is 0. The third kappa shape index (κ3) is 14.5. The largest absolute Gasteiger partial charge is 0.198 e. The van der Waals surface area contributed by atoms with Gasteiger partial charge in [-0.2, -0.15) is 10.5 Å². The van der Waals surface area contributed by atoms with Gasteiger partial charge in [-0.05, 0) is 162 Å². The molecule has 0 aromatic carbocycles. The summed E-state index contributed by atoms with van der Waals surface area (Å²) in [5.74, 6) is 10.7. The highest BCUT2D eigenvalue weighted by molar-refractivity contribution is 4.93. The molecule has 6 fully saturated rings. The van der Waals surface area contributed by atoms with Crippen molar-refractivity contribution in [3.63, 3.8) is 0 Å². The van der Waals surface area contributed by atoms with Crippen molar-refractivity contribution in [2.24, 2.45) is 71.0 Å². The Morgan fingerprint density at radius 3 is 0.981 bits per heavy atom. The summed E-state index contributed by atoms with van der Waals surface area (Å²) in [6.45, 7) is 4.63. The van der Waals surface area contributed by atoms with E-state index in [0.717, 1.165) is 59.2 Å². The molecule has 2 nitrogen and oxygen atoms in total. The smallest absolute Gasteiger partial charge is 0.0655 e. The van der Waals surface area contributed by atoms with Crippen molar-refractivity contribution in [3.05, 3.63) is 0 Å². The van der Waals surface area contributed by atoms with Crippen molar-refractivity contribution < 1.29 is 0 Å². The molecule has 6 rings (SSSR count). The SMILES string of the molecule is CCCCCCC1CCC(C2CCC(C3CCCC(C#N)C3)CC2)CC1.CCCCCCCC1CCC(C2CCC(C3CCCC(C#N)C3)CC2)CC1. The summed E-state index contributed by atoms with van der Waals surface area (Å²) in [7, 11) is 0. The zero-order chi connectivity index (χ0) is 37.1. The molecule has 53 heavy (non-hydrogen) atoms. The van der Waals surface area contributed by atoms with Gasteiger partial charge >= 0.3 is 0 Å². The lowest BCUT2D eigenvalue weighted by atomic mass is 9.64. The van der Waals surface area contributed by atoms with Gasteiger partial charge in [0.2, 0.25) is 0 Å². The molecule has 4 atom stereocenters. The van der Waals surface area contributed by atoms with Crippen molar-refractivity contribution in [2.45, 2.75) is 239 Å². The molecular formula is C51H88N2. The zero-order valence-corrected chi connectivity index (χ0v) is 35.6. The summed E-state index contributed by atoms with van der Waals surface area (Å²) < 4.78 is 0. The van der Waals surface area contributed by atoms with Gasteiger partial charge in [0.1, 0.15) is 0 Å². The molecule has 0 spiro atoms. The van der Waals surface area contributed by atoms with E-state index in [9.17, 15) is 10.5 Å². The van der Waals surface area contributed by atoms with E-state index in [2.05, 4.69) is 26.0 Å². The van der Waals surface area contributed by atoms with Gasteiger partial charge in [0.15, 0.2) is 0 Å². The predicted molar refractivity (Wildman–Crippen MR) is 226 cm³/mol. The van der Waals surface area contributed by atoms with Crippen molar-refractivity contribution in [1.82, 2.24) is 0 Å². The molecule has 0 radical (unpaired) electrons. The third-order valence-corrected chi connectivity index (χ3v) is 17.1. The Morgan fingerprint density at radius 2 is 0.642 bits per heavy atom. The number of unbranched alkanes of at least 4 members (excludes halogenated alkanes) is 7. The van der Waals surface area contributed by atoms with Crippen LogP contribution in [-0.4, -0.2) is 0 Å². The number of rotatable bonds is 15. The molecule has 2 heteroatoms. The van der Waals surface area contributed by atoms with Crippen molar-refractivity contribution in [1.29, 1.82) is 10.5 Å². The zero-order valence-electron chi connectivity index (χ0n) is 35.6. The highest BCUT2D eigenvalue weighted by Crippen LogP contribution is 2.48. The molecule has 0 saturated heterocycles. The minimum Gasteiger partial charge on any atom is -0.198 e. The second kappa shape index (κ2) is 24.6. The first kappa shape index (κ1) is 43.1. The Balaban J connectivity index is 0.000000204. The van der Waals surface area contributed by atoms with Crippen molar-refractivity contribution in [2.75, 3.05) is 0 Å². The Bertz CT molecular complexity index is 1020. The van der Waals surface area contributed by atoms with E-state index in [-0.39, 0.29) is 0 Å². The van der Waals surface area contributed by atoms with Gasteiger partial charge < -0.3 is 0 Å².